The zero-order chi connectivity index (χ0) is 22.4. The molecule has 0 bridgehead atoms. The molecular weight excluding hydrogens is 445 g/mol. The molecule has 1 saturated heterocycles. The van der Waals surface area contributed by atoms with Crippen molar-refractivity contribution >= 4 is 52.4 Å². The van der Waals surface area contributed by atoms with Gasteiger partial charge in [-0.1, -0.05) is 41.9 Å². The summed E-state index contributed by atoms with van der Waals surface area (Å²) >= 11 is 6.64. The van der Waals surface area contributed by atoms with Crippen molar-refractivity contribution in [2.45, 2.75) is 0 Å². The first-order valence-electron chi connectivity index (χ1n) is 9.16. The van der Waals surface area contributed by atoms with Gasteiger partial charge in [0.05, 0.1) is 22.0 Å². The lowest BCUT2D eigenvalue weighted by atomic mass is 10.2. The summed E-state index contributed by atoms with van der Waals surface area (Å²) in [6.07, 6.45) is 1.32. The van der Waals surface area contributed by atoms with Crippen LogP contribution in [0.15, 0.2) is 53.4 Å². The average molecular weight is 462 g/mol. The molecule has 1 aliphatic rings. The van der Waals surface area contributed by atoms with E-state index in [1.165, 1.54) is 30.3 Å². The molecule has 0 radical (unpaired) electrons. The first kappa shape index (κ1) is 22.5. The van der Waals surface area contributed by atoms with E-state index in [0.717, 1.165) is 4.90 Å². The summed E-state index contributed by atoms with van der Waals surface area (Å²) in [5.74, 6) is -2.04. The van der Waals surface area contributed by atoms with E-state index in [0.29, 0.717) is 11.8 Å². The number of nitrogens with zero attached hydrogens (tertiary/aromatic N) is 1. The summed E-state index contributed by atoms with van der Waals surface area (Å²) in [5.41, 5.74) is 0.451. The minimum Gasteiger partial charge on any atom is -0.353 e. The lowest BCUT2D eigenvalue weighted by Gasteiger charge is -2.13. The van der Waals surface area contributed by atoms with Crippen molar-refractivity contribution in [2.24, 2.45) is 0 Å². The zero-order valence-electron chi connectivity index (χ0n) is 16.1. The van der Waals surface area contributed by atoms with Gasteiger partial charge < -0.3 is 10.6 Å². The van der Waals surface area contributed by atoms with Crippen LogP contribution in [0.25, 0.3) is 6.08 Å². The predicted molar refractivity (Wildman–Crippen MR) is 116 cm³/mol. The van der Waals surface area contributed by atoms with Crippen molar-refractivity contribution in [3.8, 4) is 0 Å². The van der Waals surface area contributed by atoms with E-state index in [1.807, 2.05) is 0 Å². The molecule has 3 rings (SSSR count). The summed E-state index contributed by atoms with van der Waals surface area (Å²) in [7, 11) is 0. The fraction of sp³-hybridized carbons (Fsp3) is 0.143. The van der Waals surface area contributed by atoms with Gasteiger partial charge in [-0.05, 0) is 36.0 Å². The molecule has 2 aromatic rings. The zero-order valence-corrected chi connectivity index (χ0v) is 17.6. The van der Waals surface area contributed by atoms with E-state index >= 15 is 0 Å². The Bertz CT molecular complexity index is 1080. The molecule has 31 heavy (non-hydrogen) atoms. The van der Waals surface area contributed by atoms with Crippen LogP contribution in [0.1, 0.15) is 15.9 Å². The van der Waals surface area contributed by atoms with Crippen LogP contribution in [0, 0.1) is 5.82 Å². The van der Waals surface area contributed by atoms with Crippen LogP contribution in [0.2, 0.25) is 5.02 Å². The molecule has 0 saturated carbocycles. The van der Waals surface area contributed by atoms with Gasteiger partial charge in [0, 0.05) is 18.7 Å². The minimum absolute atomic E-state index is 0.00577. The van der Waals surface area contributed by atoms with Crippen LogP contribution < -0.4 is 10.6 Å². The maximum atomic E-state index is 13.8. The maximum absolute atomic E-state index is 13.8. The average Bonchev–Trinajstić information content (AvgIpc) is 3.01. The van der Waals surface area contributed by atoms with E-state index in [2.05, 4.69) is 10.6 Å². The maximum Gasteiger partial charge on any atom is 0.293 e. The van der Waals surface area contributed by atoms with E-state index in [-0.39, 0.29) is 40.7 Å². The lowest BCUT2D eigenvalue weighted by Crippen LogP contribution is -2.41. The molecule has 7 nitrogen and oxygen atoms in total. The van der Waals surface area contributed by atoms with Crippen LogP contribution in [-0.4, -0.2) is 47.5 Å². The van der Waals surface area contributed by atoms with Gasteiger partial charge in [0.25, 0.3) is 17.1 Å². The van der Waals surface area contributed by atoms with Crippen molar-refractivity contribution in [1.82, 2.24) is 15.5 Å². The fourth-order valence-electron chi connectivity index (χ4n) is 2.70. The highest BCUT2D eigenvalue weighted by Gasteiger charge is 2.34. The Kier molecular flexibility index (Phi) is 7.43. The number of thioether (sulfide) groups is 1. The SMILES string of the molecule is O=C(CNC(=O)c1ccccc1Cl)NCCN1C(=O)SC(=Cc2ccccc2F)C1=O. The van der Waals surface area contributed by atoms with E-state index in [9.17, 15) is 23.6 Å². The van der Waals surface area contributed by atoms with Gasteiger partial charge in [-0.2, -0.15) is 0 Å². The molecule has 2 N–H and O–H groups in total. The van der Waals surface area contributed by atoms with Gasteiger partial charge in [0.2, 0.25) is 5.91 Å². The van der Waals surface area contributed by atoms with Crippen molar-refractivity contribution < 1.29 is 23.6 Å². The van der Waals surface area contributed by atoms with Crippen LogP contribution in [0.5, 0.6) is 0 Å². The minimum atomic E-state index is -0.556. The normalized spacial score (nSPS) is 14.8. The highest BCUT2D eigenvalue weighted by Crippen LogP contribution is 2.32. The molecule has 0 aromatic heterocycles. The number of carbonyl (C=O) groups excluding carboxylic acids is 4. The van der Waals surface area contributed by atoms with Crippen molar-refractivity contribution in [3.63, 3.8) is 0 Å². The molecule has 1 heterocycles. The van der Waals surface area contributed by atoms with E-state index in [4.69, 9.17) is 11.6 Å². The van der Waals surface area contributed by atoms with Gasteiger partial charge in [0.1, 0.15) is 5.82 Å². The van der Waals surface area contributed by atoms with Gasteiger partial charge in [-0.3, -0.25) is 24.1 Å². The molecule has 10 heteroatoms. The Labute approximate surface area is 186 Å². The fourth-order valence-corrected chi connectivity index (χ4v) is 3.77. The number of rotatable bonds is 7. The number of halogens is 2. The van der Waals surface area contributed by atoms with Crippen LogP contribution in [0.4, 0.5) is 9.18 Å². The number of hydrogen-bond acceptors (Lipinski definition) is 5. The number of imide groups is 1. The van der Waals surface area contributed by atoms with Crippen molar-refractivity contribution in [1.29, 1.82) is 0 Å². The number of hydrogen-bond donors (Lipinski definition) is 2. The molecule has 160 valence electrons. The molecule has 1 aliphatic heterocycles. The molecule has 1 fully saturated rings. The quantitative estimate of drug-likeness (QED) is 0.618. The predicted octanol–water partition coefficient (Wildman–Crippen LogP) is 3.06. The van der Waals surface area contributed by atoms with Gasteiger partial charge in [0.15, 0.2) is 0 Å². The summed E-state index contributed by atoms with van der Waals surface area (Å²) in [6.45, 7) is -0.339. The summed E-state index contributed by atoms with van der Waals surface area (Å²) in [6, 6.07) is 12.3. The Morgan fingerprint density at radius 2 is 1.77 bits per heavy atom. The third kappa shape index (κ3) is 5.71. The molecule has 0 atom stereocenters. The van der Waals surface area contributed by atoms with Crippen LogP contribution >= 0.6 is 23.4 Å². The first-order chi connectivity index (χ1) is 14.9. The lowest BCUT2D eigenvalue weighted by molar-refractivity contribution is -0.124. The number of amides is 4. The molecule has 4 amide bonds. The van der Waals surface area contributed by atoms with Crippen LogP contribution in [0.3, 0.4) is 0 Å². The number of nitrogens with one attached hydrogen (secondary N) is 2. The second-order valence-corrected chi connectivity index (χ2v) is 7.77. The number of carbonyl (C=O) groups is 4. The Hall–Kier alpha value is -3.17. The third-order valence-corrected chi connectivity index (χ3v) is 5.49. The molecular formula is C21H17ClFN3O4S. The monoisotopic (exact) mass is 461 g/mol. The molecule has 2 aromatic carbocycles. The molecule has 0 unspecified atom stereocenters. The van der Waals surface area contributed by atoms with Crippen molar-refractivity contribution in [2.75, 3.05) is 19.6 Å². The second kappa shape index (κ2) is 10.2. The highest BCUT2D eigenvalue weighted by molar-refractivity contribution is 8.18. The Morgan fingerprint density at radius 3 is 2.52 bits per heavy atom. The van der Waals surface area contributed by atoms with E-state index < -0.39 is 28.8 Å². The smallest absolute Gasteiger partial charge is 0.293 e. The summed E-state index contributed by atoms with van der Waals surface area (Å²) < 4.78 is 13.8. The highest BCUT2D eigenvalue weighted by atomic mass is 35.5. The van der Waals surface area contributed by atoms with Gasteiger partial charge >= 0.3 is 0 Å². The standard InChI is InChI=1S/C21H17ClFN3O4S/c22-15-7-3-2-6-14(15)19(28)25-12-18(27)24-9-10-26-20(29)17(31-21(26)30)11-13-5-1-4-8-16(13)23/h1-8,11H,9-10,12H2,(H,24,27)(H,25,28). The first-order valence-corrected chi connectivity index (χ1v) is 10.4. The van der Waals surface area contributed by atoms with Gasteiger partial charge in [-0.15, -0.1) is 0 Å². The Balaban J connectivity index is 1.48. The van der Waals surface area contributed by atoms with Crippen LogP contribution in [-0.2, 0) is 9.59 Å². The molecule has 0 aliphatic carbocycles. The van der Waals surface area contributed by atoms with Crippen molar-refractivity contribution in [3.05, 3.63) is 75.4 Å². The topological polar surface area (TPSA) is 95.6 Å². The van der Waals surface area contributed by atoms with E-state index in [1.54, 1.807) is 24.3 Å². The summed E-state index contributed by atoms with van der Waals surface area (Å²) in [4.78, 5) is 49.6. The molecule has 0 spiro atoms. The second-order valence-electron chi connectivity index (χ2n) is 6.37. The Morgan fingerprint density at radius 1 is 1.06 bits per heavy atom. The van der Waals surface area contributed by atoms with Gasteiger partial charge in [-0.25, -0.2) is 4.39 Å². The third-order valence-electron chi connectivity index (χ3n) is 4.25. The number of benzene rings is 2. The largest absolute Gasteiger partial charge is 0.353 e. The summed E-state index contributed by atoms with van der Waals surface area (Å²) in [5, 5.41) is 4.73.